The third kappa shape index (κ3) is 5.21. The Morgan fingerprint density at radius 1 is 1.40 bits per heavy atom. The van der Waals surface area contributed by atoms with Crippen molar-refractivity contribution in [2.75, 3.05) is 12.3 Å². The first kappa shape index (κ1) is 16.5. The summed E-state index contributed by atoms with van der Waals surface area (Å²) in [5, 5.41) is 5.55. The second-order valence-corrected chi connectivity index (χ2v) is 5.47. The number of hydrogen-bond acceptors (Lipinski definition) is 3. The highest BCUT2D eigenvalue weighted by molar-refractivity contribution is 9.10. The molecule has 0 saturated heterocycles. The molecule has 110 valence electrons. The van der Waals surface area contributed by atoms with E-state index in [9.17, 15) is 9.59 Å². The van der Waals surface area contributed by atoms with Crippen LogP contribution in [0.1, 0.15) is 37.0 Å². The van der Waals surface area contributed by atoms with E-state index in [0.717, 1.165) is 6.42 Å². The summed E-state index contributed by atoms with van der Waals surface area (Å²) in [6, 6.07) is 5.12. The lowest BCUT2D eigenvalue weighted by Gasteiger charge is -2.11. The molecule has 0 saturated carbocycles. The number of hydrogen-bond donors (Lipinski definition) is 3. The zero-order valence-electron chi connectivity index (χ0n) is 11.7. The molecule has 0 aliphatic heterocycles. The number of carbonyl (C=O) groups is 2. The summed E-state index contributed by atoms with van der Waals surface area (Å²) in [4.78, 5) is 23.4. The summed E-state index contributed by atoms with van der Waals surface area (Å²) in [6.45, 7) is 4.26. The van der Waals surface area contributed by atoms with E-state index >= 15 is 0 Å². The van der Waals surface area contributed by atoms with Crippen LogP contribution in [0.15, 0.2) is 22.7 Å². The predicted molar refractivity (Wildman–Crippen MR) is 83.4 cm³/mol. The van der Waals surface area contributed by atoms with E-state index in [1.807, 2.05) is 13.8 Å². The van der Waals surface area contributed by atoms with Crippen LogP contribution in [-0.2, 0) is 4.79 Å². The largest absolute Gasteiger partial charge is 0.398 e. The number of nitrogens with one attached hydrogen (secondary N) is 2. The lowest BCUT2D eigenvalue weighted by molar-refractivity contribution is -0.121. The number of anilines is 1. The van der Waals surface area contributed by atoms with Crippen molar-refractivity contribution in [2.45, 2.75) is 32.7 Å². The second-order valence-electron chi connectivity index (χ2n) is 4.62. The SMILES string of the molecule is CCC(C)NC(=O)CCNC(=O)c1ccc(N)c(Br)c1. The van der Waals surface area contributed by atoms with Gasteiger partial charge in [0.05, 0.1) is 0 Å². The van der Waals surface area contributed by atoms with Crippen LogP contribution < -0.4 is 16.4 Å². The lowest BCUT2D eigenvalue weighted by Crippen LogP contribution is -2.35. The number of rotatable bonds is 6. The molecule has 0 heterocycles. The quantitative estimate of drug-likeness (QED) is 0.692. The maximum absolute atomic E-state index is 11.9. The van der Waals surface area contributed by atoms with Gasteiger partial charge in [-0.05, 0) is 47.5 Å². The number of amides is 2. The molecule has 0 spiro atoms. The molecule has 6 heteroatoms. The molecule has 1 rings (SSSR count). The number of halogens is 1. The molecule has 0 aromatic heterocycles. The van der Waals surface area contributed by atoms with Crippen molar-refractivity contribution in [3.63, 3.8) is 0 Å². The van der Waals surface area contributed by atoms with Gasteiger partial charge in [-0.1, -0.05) is 6.92 Å². The molecule has 2 amide bonds. The first-order valence-corrected chi connectivity index (χ1v) is 7.36. The van der Waals surface area contributed by atoms with Crippen molar-refractivity contribution < 1.29 is 9.59 Å². The Morgan fingerprint density at radius 2 is 2.10 bits per heavy atom. The Bertz CT molecular complexity index is 491. The first-order valence-electron chi connectivity index (χ1n) is 6.56. The summed E-state index contributed by atoms with van der Waals surface area (Å²) < 4.78 is 0.680. The highest BCUT2D eigenvalue weighted by atomic mass is 79.9. The molecule has 0 bridgehead atoms. The van der Waals surface area contributed by atoms with Crippen molar-refractivity contribution in [1.82, 2.24) is 10.6 Å². The average Bonchev–Trinajstić information content (AvgIpc) is 2.41. The Hall–Kier alpha value is -1.56. The van der Waals surface area contributed by atoms with Crippen LogP contribution in [0.5, 0.6) is 0 Å². The van der Waals surface area contributed by atoms with Gasteiger partial charge in [0.15, 0.2) is 0 Å². The summed E-state index contributed by atoms with van der Waals surface area (Å²) in [7, 11) is 0. The van der Waals surface area contributed by atoms with Gasteiger partial charge in [0.2, 0.25) is 5.91 Å². The molecule has 0 aliphatic rings. The standard InChI is InChI=1S/C14H20BrN3O2/c1-3-9(2)18-13(19)6-7-17-14(20)10-4-5-12(16)11(15)8-10/h4-5,8-9H,3,6-7,16H2,1-2H3,(H,17,20)(H,18,19). The van der Waals surface area contributed by atoms with Crippen LogP contribution in [-0.4, -0.2) is 24.4 Å². The fourth-order valence-corrected chi connectivity index (χ4v) is 1.89. The summed E-state index contributed by atoms with van der Waals surface area (Å²) >= 11 is 3.27. The highest BCUT2D eigenvalue weighted by Crippen LogP contribution is 2.20. The molecular formula is C14H20BrN3O2. The van der Waals surface area contributed by atoms with E-state index in [1.165, 1.54) is 0 Å². The van der Waals surface area contributed by atoms with Gasteiger partial charge in [0.25, 0.3) is 5.91 Å². The topological polar surface area (TPSA) is 84.2 Å². The van der Waals surface area contributed by atoms with Crippen molar-refractivity contribution in [3.05, 3.63) is 28.2 Å². The second kappa shape index (κ2) is 7.89. The van der Waals surface area contributed by atoms with Gasteiger partial charge >= 0.3 is 0 Å². The average molecular weight is 342 g/mol. The third-order valence-electron chi connectivity index (χ3n) is 2.92. The van der Waals surface area contributed by atoms with Gasteiger partial charge in [-0.2, -0.15) is 0 Å². The fraction of sp³-hybridized carbons (Fsp3) is 0.429. The molecule has 0 radical (unpaired) electrons. The third-order valence-corrected chi connectivity index (χ3v) is 3.61. The number of nitrogens with two attached hydrogens (primary N) is 1. The number of nitrogen functional groups attached to an aromatic ring is 1. The van der Waals surface area contributed by atoms with Crippen molar-refractivity contribution >= 4 is 33.4 Å². The predicted octanol–water partition coefficient (Wildman–Crippen LogP) is 2.07. The van der Waals surface area contributed by atoms with E-state index in [0.29, 0.717) is 22.3 Å². The van der Waals surface area contributed by atoms with E-state index in [2.05, 4.69) is 26.6 Å². The molecule has 1 aromatic rings. The van der Waals surface area contributed by atoms with E-state index in [4.69, 9.17) is 5.73 Å². The van der Waals surface area contributed by atoms with Gasteiger partial charge in [-0.15, -0.1) is 0 Å². The monoisotopic (exact) mass is 341 g/mol. The highest BCUT2D eigenvalue weighted by Gasteiger charge is 2.09. The normalized spacial score (nSPS) is 11.8. The van der Waals surface area contributed by atoms with Crippen LogP contribution in [0.25, 0.3) is 0 Å². The smallest absolute Gasteiger partial charge is 0.251 e. The Kier molecular flexibility index (Phi) is 6.51. The molecule has 0 aliphatic carbocycles. The summed E-state index contributed by atoms with van der Waals surface area (Å²) in [6.07, 6.45) is 1.16. The summed E-state index contributed by atoms with van der Waals surface area (Å²) in [5.74, 6) is -0.278. The molecular weight excluding hydrogens is 322 g/mol. The van der Waals surface area contributed by atoms with Gasteiger partial charge < -0.3 is 16.4 Å². The minimum atomic E-state index is -0.220. The van der Waals surface area contributed by atoms with Crippen molar-refractivity contribution in [1.29, 1.82) is 0 Å². The maximum atomic E-state index is 11.9. The molecule has 1 unspecified atom stereocenters. The van der Waals surface area contributed by atoms with E-state index in [-0.39, 0.29) is 24.3 Å². The van der Waals surface area contributed by atoms with Gasteiger partial charge in [0.1, 0.15) is 0 Å². The molecule has 1 aromatic carbocycles. The van der Waals surface area contributed by atoms with Crippen molar-refractivity contribution in [2.24, 2.45) is 0 Å². The van der Waals surface area contributed by atoms with E-state index in [1.54, 1.807) is 18.2 Å². The molecule has 5 nitrogen and oxygen atoms in total. The van der Waals surface area contributed by atoms with Crippen LogP contribution in [0.4, 0.5) is 5.69 Å². The Labute approximate surface area is 127 Å². The summed E-state index contributed by atoms with van der Waals surface area (Å²) in [5.41, 5.74) is 6.74. The lowest BCUT2D eigenvalue weighted by atomic mass is 10.2. The molecule has 0 fully saturated rings. The van der Waals surface area contributed by atoms with Gasteiger partial charge in [-0.25, -0.2) is 0 Å². The molecule has 4 N–H and O–H groups in total. The van der Waals surface area contributed by atoms with Gasteiger partial charge in [0, 0.05) is 34.7 Å². The van der Waals surface area contributed by atoms with Crippen LogP contribution in [0, 0.1) is 0 Å². The van der Waals surface area contributed by atoms with Gasteiger partial charge in [-0.3, -0.25) is 9.59 Å². The van der Waals surface area contributed by atoms with E-state index < -0.39 is 0 Å². The molecule has 20 heavy (non-hydrogen) atoms. The zero-order chi connectivity index (χ0) is 15.1. The molecule has 1 atom stereocenters. The van der Waals surface area contributed by atoms with Crippen molar-refractivity contribution in [3.8, 4) is 0 Å². The van der Waals surface area contributed by atoms with Crippen LogP contribution in [0.3, 0.4) is 0 Å². The number of benzene rings is 1. The first-order chi connectivity index (χ1) is 9.43. The maximum Gasteiger partial charge on any atom is 0.251 e. The van der Waals surface area contributed by atoms with Crippen LogP contribution in [0.2, 0.25) is 0 Å². The number of carbonyl (C=O) groups excluding carboxylic acids is 2. The van der Waals surface area contributed by atoms with Crippen LogP contribution >= 0.6 is 15.9 Å². The Balaban J connectivity index is 2.40. The fourth-order valence-electron chi connectivity index (χ4n) is 1.51. The minimum absolute atomic E-state index is 0.0573. The Morgan fingerprint density at radius 3 is 2.70 bits per heavy atom. The minimum Gasteiger partial charge on any atom is -0.398 e. The zero-order valence-corrected chi connectivity index (χ0v) is 13.3.